The van der Waals surface area contributed by atoms with Gasteiger partial charge < -0.3 is 4.34 Å². The van der Waals surface area contributed by atoms with E-state index in [-0.39, 0.29) is 5.78 Å². The van der Waals surface area contributed by atoms with Gasteiger partial charge in [-0.25, -0.2) is 0 Å². The van der Waals surface area contributed by atoms with Crippen molar-refractivity contribution in [3.8, 4) is 0 Å². The first-order valence-corrected chi connectivity index (χ1v) is 13.9. The lowest BCUT2D eigenvalue weighted by molar-refractivity contribution is 0.106. The van der Waals surface area contributed by atoms with Gasteiger partial charge in [0.15, 0.2) is 16.5 Å². The highest BCUT2D eigenvalue weighted by atomic mass is 28.4. The Bertz CT molecular complexity index is 485. The number of Topliss-reactive ketones (excluding diaryl/α,β-unsaturated/α-hetero) is 1. The van der Waals surface area contributed by atoms with Crippen LogP contribution in [0.4, 0.5) is 0 Å². The van der Waals surface area contributed by atoms with Gasteiger partial charge in [0.05, 0.1) is 0 Å². The third kappa shape index (κ3) is 4.42. The van der Waals surface area contributed by atoms with Gasteiger partial charge >= 0.3 is 0 Å². The quantitative estimate of drug-likeness (QED) is 0.353. The zero-order chi connectivity index (χ0) is 15.6. The Morgan fingerprint density at radius 2 is 1.40 bits per heavy atom. The van der Waals surface area contributed by atoms with Gasteiger partial charge in [0.2, 0.25) is 5.78 Å². The van der Waals surface area contributed by atoms with Crippen molar-refractivity contribution in [2.45, 2.75) is 46.2 Å². The van der Waals surface area contributed by atoms with E-state index < -0.39 is 16.5 Å². The van der Waals surface area contributed by atoms with Crippen molar-refractivity contribution in [1.82, 2.24) is 4.34 Å². The Labute approximate surface area is 124 Å². The number of rotatable bonds is 5. The van der Waals surface area contributed by atoms with Crippen LogP contribution in [0.3, 0.4) is 0 Å². The second-order valence-corrected chi connectivity index (χ2v) is 17.0. The summed E-state index contributed by atoms with van der Waals surface area (Å²) in [4.78, 5) is 12.4. The van der Waals surface area contributed by atoms with E-state index in [4.69, 9.17) is 5.10 Å². The molecule has 20 heavy (non-hydrogen) atoms. The molecule has 5 heteroatoms. The third-order valence-corrected chi connectivity index (χ3v) is 9.65. The third-order valence-electron chi connectivity index (χ3n) is 2.89. The maximum atomic E-state index is 12.4. The van der Waals surface area contributed by atoms with Gasteiger partial charge in [0.1, 0.15) is 5.71 Å². The van der Waals surface area contributed by atoms with Crippen LogP contribution in [-0.4, -0.2) is 32.3 Å². The van der Waals surface area contributed by atoms with E-state index >= 15 is 0 Å². The standard InChI is InChI=1S/C15H26N2OSi2/c1-13(15(18)14-11-9-8-10-12-14)16-17(19(2,3)4)20(5,6)7/h8-12H,1-7H3/b16-13+. The molecule has 0 unspecified atom stereocenters. The number of hydrazone groups is 1. The molecule has 0 aliphatic rings. The normalized spacial score (nSPS) is 13.2. The number of benzene rings is 1. The van der Waals surface area contributed by atoms with Crippen molar-refractivity contribution >= 4 is 28.0 Å². The van der Waals surface area contributed by atoms with Crippen molar-refractivity contribution in [2.75, 3.05) is 0 Å². The summed E-state index contributed by atoms with van der Waals surface area (Å²) in [6.45, 7) is 15.5. The molecule has 1 aromatic rings. The predicted molar refractivity (Wildman–Crippen MR) is 92.4 cm³/mol. The van der Waals surface area contributed by atoms with E-state index in [1.54, 1.807) is 0 Å². The lowest BCUT2D eigenvalue weighted by Crippen LogP contribution is -2.56. The first-order valence-electron chi connectivity index (χ1n) is 6.99. The van der Waals surface area contributed by atoms with Crippen LogP contribution >= 0.6 is 0 Å². The summed E-state index contributed by atoms with van der Waals surface area (Å²) in [6.07, 6.45) is 0. The predicted octanol–water partition coefficient (Wildman–Crippen LogP) is 4.22. The van der Waals surface area contributed by atoms with Crippen LogP contribution < -0.4 is 0 Å². The van der Waals surface area contributed by atoms with E-state index in [9.17, 15) is 4.79 Å². The minimum absolute atomic E-state index is 0.0205. The summed E-state index contributed by atoms with van der Waals surface area (Å²) in [5.74, 6) is 0.0205. The second kappa shape index (κ2) is 6.05. The van der Waals surface area contributed by atoms with E-state index in [0.29, 0.717) is 11.3 Å². The molecule has 0 amide bonds. The Hall–Kier alpha value is -1.21. The molecule has 1 aromatic carbocycles. The number of hydrogen-bond acceptors (Lipinski definition) is 3. The highest BCUT2D eigenvalue weighted by Crippen LogP contribution is 2.20. The molecule has 0 saturated carbocycles. The summed E-state index contributed by atoms with van der Waals surface area (Å²) >= 11 is 0. The summed E-state index contributed by atoms with van der Waals surface area (Å²) in [7, 11) is -3.15. The SMILES string of the molecule is C/C(=N\N([Si](C)(C)C)[Si](C)(C)C)C(=O)c1ccccc1. The number of nitrogens with zero attached hydrogens (tertiary/aromatic N) is 2. The fourth-order valence-electron chi connectivity index (χ4n) is 2.30. The largest absolute Gasteiger partial charge is 0.349 e. The zero-order valence-corrected chi connectivity index (χ0v) is 15.7. The van der Waals surface area contributed by atoms with Crippen LogP contribution in [0.5, 0.6) is 0 Å². The number of carbonyl (C=O) groups excluding carboxylic acids is 1. The van der Waals surface area contributed by atoms with Crippen molar-refractivity contribution < 1.29 is 4.79 Å². The van der Waals surface area contributed by atoms with Crippen LogP contribution in [0, 0.1) is 0 Å². The molecule has 110 valence electrons. The Morgan fingerprint density at radius 3 is 1.80 bits per heavy atom. The van der Waals surface area contributed by atoms with Crippen LogP contribution in [0.1, 0.15) is 17.3 Å². The molecular weight excluding hydrogens is 280 g/mol. The average molecular weight is 307 g/mol. The lowest BCUT2D eigenvalue weighted by atomic mass is 10.1. The topological polar surface area (TPSA) is 32.7 Å². The molecular formula is C15H26N2OSi2. The maximum absolute atomic E-state index is 12.4. The molecule has 0 heterocycles. The molecule has 3 nitrogen and oxygen atoms in total. The smallest absolute Gasteiger partial charge is 0.208 e. The molecule has 0 radical (unpaired) electrons. The number of carbonyl (C=O) groups is 1. The van der Waals surface area contributed by atoms with E-state index in [2.05, 4.69) is 43.6 Å². The van der Waals surface area contributed by atoms with Gasteiger partial charge in [-0.05, 0) is 6.92 Å². The van der Waals surface area contributed by atoms with Gasteiger partial charge in [-0.1, -0.05) is 69.6 Å². The summed E-state index contributed by atoms with van der Waals surface area (Å²) < 4.78 is 2.27. The van der Waals surface area contributed by atoms with Gasteiger partial charge in [-0.3, -0.25) is 4.79 Å². The highest BCUT2D eigenvalue weighted by Gasteiger charge is 2.34. The van der Waals surface area contributed by atoms with Crippen molar-refractivity contribution in [1.29, 1.82) is 0 Å². The van der Waals surface area contributed by atoms with E-state index in [0.717, 1.165) is 0 Å². The monoisotopic (exact) mass is 306 g/mol. The second-order valence-electron chi connectivity index (χ2n) is 7.03. The van der Waals surface area contributed by atoms with Crippen molar-refractivity contribution in [3.05, 3.63) is 35.9 Å². The molecule has 0 spiro atoms. The van der Waals surface area contributed by atoms with Crippen molar-refractivity contribution in [3.63, 3.8) is 0 Å². The van der Waals surface area contributed by atoms with Crippen molar-refractivity contribution in [2.24, 2.45) is 5.10 Å². The van der Waals surface area contributed by atoms with Crippen LogP contribution in [0.15, 0.2) is 35.4 Å². The van der Waals surface area contributed by atoms with Crippen LogP contribution in [0.25, 0.3) is 0 Å². The van der Waals surface area contributed by atoms with Gasteiger partial charge in [-0.15, -0.1) is 0 Å². The molecule has 0 bridgehead atoms. The van der Waals surface area contributed by atoms with Gasteiger partial charge in [0, 0.05) is 5.56 Å². The van der Waals surface area contributed by atoms with Gasteiger partial charge in [0.25, 0.3) is 0 Å². The number of hydrogen-bond donors (Lipinski definition) is 0. The first-order chi connectivity index (χ1) is 9.03. The first kappa shape index (κ1) is 16.8. The summed E-state index contributed by atoms with van der Waals surface area (Å²) in [5.41, 5.74) is 1.29. The minimum atomic E-state index is -1.58. The molecule has 0 aromatic heterocycles. The average Bonchev–Trinajstić information content (AvgIpc) is 2.33. The van der Waals surface area contributed by atoms with Crippen LogP contribution in [0.2, 0.25) is 39.3 Å². The molecule has 0 fully saturated rings. The molecule has 0 aliphatic heterocycles. The Balaban J connectivity index is 3.10. The number of ketones is 1. The molecule has 1 rings (SSSR count). The fourth-order valence-corrected chi connectivity index (χ4v) is 11.2. The Morgan fingerprint density at radius 1 is 0.950 bits per heavy atom. The molecule has 0 N–H and O–H groups in total. The summed E-state index contributed by atoms with van der Waals surface area (Å²) in [6, 6.07) is 9.37. The molecule has 0 atom stereocenters. The highest BCUT2D eigenvalue weighted by molar-refractivity contribution is 6.89. The van der Waals surface area contributed by atoms with Crippen LogP contribution in [-0.2, 0) is 0 Å². The summed E-state index contributed by atoms with van der Waals surface area (Å²) in [5, 5.41) is 4.72. The van der Waals surface area contributed by atoms with Gasteiger partial charge in [-0.2, -0.15) is 5.10 Å². The van der Waals surface area contributed by atoms with E-state index in [1.807, 2.05) is 37.3 Å². The lowest BCUT2D eigenvalue weighted by Gasteiger charge is -2.41. The van der Waals surface area contributed by atoms with E-state index in [1.165, 1.54) is 0 Å². The molecule has 0 aliphatic carbocycles. The molecule has 0 saturated heterocycles. The zero-order valence-electron chi connectivity index (χ0n) is 13.7. The maximum Gasteiger partial charge on any atom is 0.208 e. The Kier molecular flexibility index (Phi) is 5.10. The minimum Gasteiger partial charge on any atom is -0.349 e. The fraction of sp³-hybridized carbons (Fsp3) is 0.467.